The summed E-state index contributed by atoms with van der Waals surface area (Å²) in [5, 5.41) is 0. The van der Waals surface area contributed by atoms with E-state index in [0.717, 1.165) is 0 Å². The van der Waals surface area contributed by atoms with Gasteiger partial charge in [-0.05, 0) is 0 Å². The van der Waals surface area contributed by atoms with Crippen molar-refractivity contribution in [2.75, 3.05) is 0 Å². The van der Waals surface area contributed by atoms with Crippen molar-refractivity contribution in [3.8, 4) is 0 Å². The molecule has 5 heteroatoms. The van der Waals surface area contributed by atoms with Crippen molar-refractivity contribution >= 4 is 8.25 Å². The Morgan fingerprint density at radius 1 is 1.40 bits per heavy atom. The molecule has 0 unspecified atom stereocenters. The van der Waals surface area contributed by atoms with E-state index in [1.807, 2.05) is 0 Å². The zero-order valence-corrected chi connectivity index (χ0v) is 3.89. The van der Waals surface area contributed by atoms with E-state index < -0.39 is 8.25 Å². The first-order valence-electron chi connectivity index (χ1n) is 0.583. The van der Waals surface area contributed by atoms with Gasteiger partial charge in [-0.2, -0.15) is 0 Å². The molecule has 0 bridgehead atoms. The van der Waals surface area contributed by atoms with Gasteiger partial charge in [-0.25, -0.2) is 0 Å². The molecule has 5 heavy (non-hydrogen) atoms. The Morgan fingerprint density at radius 2 is 1.40 bits per heavy atom. The molecule has 1 radical (unpaired) electrons. The van der Waals surface area contributed by atoms with Crippen LogP contribution in [-0.4, -0.2) is 9.79 Å². The SMILES string of the molecule is O=[P+](O)O.[Cu]. The van der Waals surface area contributed by atoms with Gasteiger partial charge in [-0.3, -0.25) is 0 Å². The third-order valence-corrected chi connectivity index (χ3v) is 0. The predicted octanol–water partition coefficient (Wildman–Crippen LogP) is -0.374. The van der Waals surface area contributed by atoms with Crippen molar-refractivity contribution in [2.24, 2.45) is 0 Å². The van der Waals surface area contributed by atoms with Crippen LogP contribution in [0, 0.1) is 0 Å². The molecule has 0 aliphatic rings. The summed E-state index contributed by atoms with van der Waals surface area (Å²) in [5.41, 5.74) is 0. The molecule has 0 rings (SSSR count). The summed E-state index contributed by atoms with van der Waals surface area (Å²) in [4.78, 5) is 14.2. The fraction of sp³-hybridized carbons (Fsp3) is 0. The molecular weight excluding hydrogens is 143 g/mol. The van der Waals surface area contributed by atoms with E-state index in [4.69, 9.17) is 14.4 Å². The molecule has 0 aliphatic carbocycles. The first-order chi connectivity index (χ1) is 1.73. The monoisotopic (exact) mass is 144 g/mol. The van der Waals surface area contributed by atoms with Crippen LogP contribution in [0.1, 0.15) is 0 Å². The van der Waals surface area contributed by atoms with Gasteiger partial charge in [0, 0.05) is 21.6 Å². The summed E-state index contributed by atoms with van der Waals surface area (Å²) in [6.45, 7) is 0. The molecule has 0 heterocycles. The van der Waals surface area contributed by atoms with Gasteiger partial charge < -0.3 is 0 Å². The summed E-state index contributed by atoms with van der Waals surface area (Å²) in [6, 6.07) is 0. The van der Waals surface area contributed by atoms with E-state index in [0.29, 0.717) is 0 Å². The first-order valence-corrected chi connectivity index (χ1v) is 1.75. The van der Waals surface area contributed by atoms with E-state index in [2.05, 4.69) is 0 Å². The van der Waals surface area contributed by atoms with Crippen LogP contribution in [0.15, 0.2) is 0 Å². The van der Waals surface area contributed by atoms with Crippen LogP contribution in [0.5, 0.6) is 0 Å². The molecule has 0 aromatic carbocycles. The third kappa shape index (κ3) is 101. The van der Waals surface area contributed by atoms with Crippen LogP contribution in [0.25, 0.3) is 0 Å². The van der Waals surface area contributed by atoms with Gasteiger partial charge in [0.1, 0.15) is 0 Å². The maximum absolute atomic E-state index is 8.70. The van der Waals surface area contributed by atoms with Crippen molar-refractivity contribution in [3.63, 3.8) is 0 Å². The average molecular weight is 145 g/mol. The van der Waals surface area contributed by atoms with Gasteiger partial charge in [-0.1, -0.05) is 0 Å². The van der Waals surface area contributed by atoms with Gasteiger partial charge in [0.25, 0.3) is 0 Å². The Balaban J connectivity index is 0. The Morgan fingerprint density at radius 3 is 1.40 bits per heavy atom. The summed E-state index contributed by atoms with van der Waals surface area (Å²) < 4.78 is 8.70. The molecule has 3 nitrogen and oxygen atoms in total. The number of rotatable bonds is 0. The second-order valence-corrected chi connectivity index (χ2v) is 0.758. The van der Waals surface area contributed by atoms with Crippen molar-refractivity contribution in [3.05, 3.63) is 0 Å². The van der Waals surface area contributed by atoms with Crippen molar-refractivity contribution in [1.82, 2.24) is 0 Å². The Labute approximate surface area is 40.4 Å². The molecule has 0 aromatic heterocycles. The smallest absolute Gasteiger partial charge is 0.134 e. The number of hydrogen-bond acceptors (Lipinski definition) is 1. The molecule has 0 saturated carbocycles. The molecule has 0 saturated heterocycles. The first kappa shape index (κ1) is 9.11. The van der Waals surface area contributed by atoms with Gasteiger partial charge in [-0.15, -0.1) is 9.79 Å². The van der Waals surface area contributed by atoms with Crippen molar-refractivity contribution < 1.29 is 31.4 Å². The summed E-state index contributed by atoms with van der Waals surface area (Å²) >= 11 is 0. The van der Waals surface area contributed by atoms with E-state index in [-0.39, 0.29) is 17.1 Å². The van der Waals surface area contributed by atoms with Crippen LogP contribution in [-0.2, 0) is 21.6 Å². The third-order valence-electron chi connectivity index (χ3n) is 0. The average Bonchev–Trinajstić information content (AvgIpc) is 0.811. The van der Waals surface area contributed by atoms with Gasteiger partial charge in [0.05, 0.1) is 0 Å². The van der Waals surface area contributed by atoms with Crippen LogP contribution >= 0.6 is 8.25 Å². The summed E-state index contributed by atoms with van der Waals surface area (Å²) in [5.74, 6) is 0. The fourth-order valence-electron chi connectivity index (χ4n) is 0. The molecule has 2 N–H and O–H groups in total. The zero-order chi connectivity index (χ0) is 3.58. The maximum atomic E-state index is 8.70. The molecule has 0 fully saturated rings. The number of hydrogen-bond donors (Lipinski definition) is 2. The van der Waals surface area contributed by atoms with E-state index >= 15 is 0 Å². The van der Waals surface area contributed by atoms with Crippen LogP contribution in [0.4, 0.5) is 0 Å². The summed E-state index contributed by atoms with van der Waals surface area (Å²) in [6.07, 6.45) is 0. The minimum atomic E-state index is -2.87. The van der Waals surface area contributed by atoms with Crippen LogP contribution in [0.3, 0.4) is 0 Å². The summed E-state index contributed by atoms with van der Waals surface area (Å²) in [7, 11) is -2.87. The van der Waals surface area contributed by atoms with Gasteiger partial charge in [0.15, 0.2) is 0 Å². The fourth-order valence-corrected chi connectivity index (χ4v) is 0. The predicted molar refractivity (Wildman–Crippen MR) is 12.0 cm³/mol. The largest absolute Gasteiger partial charge is 0.692 e. The molecule has 0 spiro atoms. The van der Waals surface area contributed by atoms with Gasteiger partial charge in [0.2, 0.25) is 0 Å². The minimum Gasteiger partial charge on any atom is -0.134 e. The van der Waals surface area contributed by atoms with E-state index in [1.165, 1.54) is 0 Å². The standard InChI is InChI=1S/Cu.HO3P/c;1-4(2)3/h;(H-,1,2,3)/p+1. The Hall–Kier alpha value is 0.539. The van der Waals surface area contributed by atoms with Crippen LogP contribution in [0.2, 0.25) is 0 Å². The Kier molecular flexibility index (Phi) is 8.27. The van der Waals surface area contributed by atoms with E-state index in [9.17, 15) is 0 Å². The molecular formula is H2CuO3P+. The zero-order valence-electron chi connectivity index (χ0n) is 2.05. The van der Waals surface area contributed by atoms with Gasteiger partial charge >= 0.3 is 8.25 Å². The maximum Gasteiger partial charge on any atom is 0.692 e. The molecule has 0 aromatic rings. The Bertz CT molecular complexity index is 29.9. The molecule has 0 atom stereocenters. The van der Waals surface area contributed by atoms with E-state index in [1.54, 1.807) is 0 Å². The van der Waals surface area contributed by atoms with Crippen molar-refractivity contribution in [2.45, 2.75) is 0 Å². The normalized spacial score (nSPS) is 5.20. The second kappa shape index (κ2) is 4.54. The van der Waals surface area contributed by atoms with Crippen LogP contribution < -0.4 is 0 Å². The quantitative estimate of drug-likeness (QED) is 0.360. The molecule has 35 valence electrons. The molecule has 0 amide bonds. The van der Waals surface area contributed by atoms with Crippen molar-refractivity contribution in [1.29, 1.82) is 0 Å². The molecule has 0 aliphatic heterocycles. The topological polar surface area (TPSA) is 57.5 Å². The second-order valence-electron chi connectivity index (χ2n) is 0.253. The minimum absolute atomic E-state index is 0.